The van der Waals surface area contributed by atoms with Gasteiger partial charge in [-0.15, -0.1) is 11.3 Å². The second-order valence-electron chi connectivity index (χ2n) is 5.99. The number of alkyl halides is 1. The van der Waals surface area contributed by atoms with E-state index in [1.807, 2.05) is 67.6 Å². The summed E-state index contributed by atoms with van der Waals surface area (Å²) in [6, 6.07) is 19.3. The van der Waals surface area contributed by atoms with Gasteiger partial charge in [-0.2, -0.15) is 0 Å². The van der Waals surface area contributed by atoms with Gasteiger partial charge in [-0.05, 0) is 24.6 Å². The molecule has 0 aliphatic carbocycles. The molecule has 27 heavy (non-hydrogen) atoms. The molecule has 0 unspecified atom stereocenters. The van der Waals surface area contributed by atoms with Crippen LogP contribution >= 0.6 is 23.1 Å². The molecule has 4 rings (SSSR count). The molecular weight excluding hydrogens is 379 g/mol. The van der Waals surface area contributed by atoms with Gasteiger partial charge in [0.1, 0.15) is 4.83 Å². The van der Waals surface area contributed by atoms with Crippen LogP contribution in [-0.4, -0.2) is 22.0 Å². The molecule has 0 fully saturated rings. The number of fused-ring (bicyclic) bond motifs is 1. The molecule has 2 aromatic carbocycles. The number of para-hydroxylation sites is 1. The molecule has 0 spiro atoms. The highest BCUT2D eigenvalue weighted by atomic mass is 32.2. The van der Waals surface area contributed by atoms with Gasteiger partial charge in [-0.3, -0.25) is 13.8 Å². The number of aromatic nitrogens is 2. The Kier molecular flexibility index (Phi) is 5.09. The van der Waals surface area contributed by atoms with Gasteiger partial charge in [-0.25, -0.2) is 4.98 Å². The molecule has 0 N–H and O–H groups in total. The van der Waals surface area contributed by atoms with Crippen LogP contribution in [0.5, 0.6) is 0 Å². The van der Waals surface area contributed by atoms with Gasteiger partial charge in [0.25, 0.3) is 5.56 Å². The molecule has 6 heteroatoms. The molecule has 0 bridgehead atoms. The zero-order valence-corrected chi connectivity index (χ0v) is 16.3. The van der Waals surface area contributed by atoms with Crippen LogP contribution in [0.25, 0.3) is 27.0 Å². The number of thiophene rings is 1. The zero-order chi connectivity index (χ0) is 18.8. The SMILES string of the molecule is Cc1sc2nc(SCCF)n(-c3ccccc3)c(=O)c2c1-c1ccccc1. The molecule has 0 aliphatic rings. The van der Waals surface area contributed by atoms with Crippen molar-refractivity contribution in [1.29, 1.82) is 0 Å². The molecule has 0 saturated heterocycles. The number of hydrogen-bond donors (Lipinski definition) is 0. The third-order valence-corrected chi connectivity index (χ3v) is 6.15. The molecule has 4 aromatic rings. The number of halogens is 1. The molecule has 0 saturated carbocycles. The van der Waals surface area contributed by atoms with Crippen LogP contribution in [0.15, 0.2) is 70.6 Å². The monoisotopic (exact) mass is 396 g/mol. The van der Waals surface area contributed by atoms with Crippen LogP contribution in [-0.2, 0) is 0 Å². The highest BCUT2D eigenvalue weighted by Gasteiger charge is 2.20. The fourth-order valence-corrected chi connectivity index (χ4v) is 4.95. The fourth-order valence-electron chi connectivity index (χ4n) is 3.13. The zero-order valence-electron chi connectivity index (χ0n) is 14.7. The van der Waals surface area contributed by atoms with Gasteiger partial charge < -0.3 is 0 Å². The maximum atomic E-state index is 13.5. The first-order chi connectivity index (χ1) is 13.2. The number of aryl methyl sites for hydroxylation is 1. The molecule has 0 radical (unpaired) electrons. The Morgan fingerprint density at radius 1 is 1.07 bits per heavy atom. The summed E-state index contributed by atoms with van der Waals surface area (Å²) in [6.07, 6.45) is 0. The fraction of sp³-hybridized carbons (Fsp3) is 0.143. The summed E-state index contributed by atoms with van der Waals surface area (Å²) in [5.74, 6) is 0.265. The third kappa shape index (κ3) is 3.31. The van der Waals surface area contributed by atoms with Crippen LogP contribution in [0.2, 0.25) is 0 Å². The lowest BCUT2D eigenvalue weighted by Gasteiger charge is -2.12. The highest BCUT2D eigenvalue weighted by molar-refractivity contribution is 7.99. The molecule has 0 aliphatic heterocycles. The average Bonchev–Trinajstić information content (AvgIpc) is 3.04. The van der Waals surface area contributed by atoms with Crippen molar-refractivity contribution < 1.29 is 4.39 Å². The van der Waals surface area contributed by atoms with E-state index in [-0.39, 0.29) is 11.3 Å². The highest BCUT2D eigenvalue weighted by Crippen LogP contribution is 2.36. The Morgan fingerprint density at radius 2 is 1.74 bits per heavy atom. The predicted molar refractivity (Wildman–Crippen MR) is 112 cm³/mol. The third-order valence-electron chi connectivity index (χ3n) is 4.26. The van der Waals surface area contributed by atoms with Crippen molar-refractivity contribution in [1.82, 2.24) is 9.55 Å². The number of hydrogen-bond acceptors (Lipinski definition) is 4. The predicted octanol–water partition coefficient (Wildman–Crippen LogP) is 5.48. The summed E-state index contributed by atoms with van der Waals surface area (Å²) in [5.41, 5.74) is 2.56. The first-order valence-corrected chi connectivity index (χ1v) is 10.4. The van der Waals surface area contributed by atoms with Gasteiger partial charge in [0.2, 0.25) is 0 Å². The minimum Gasteiger partial charge on any atom is -0.268 e. The molecular formula is C21H17FN2OS2. The summed E-state index contributed by atoms with van der Waals surface area (Å²) in [7, 11) is 0. The molecule has 0 amide bonds. The van der Waals surface area contributed by atoms with E-state index in [1.165, 1.54) is 23.1 Å². The number of nitrogens with zero attached hydrogens (tertiary/aromatic N) is 2. The average molecular weight is 397 g/mol. The maximum absolute atomic E-state index is 13.5. The van der Waals surface area contributed by atoms with Crippen LogP contribution in [0, 0.1) is 6.92 Å². The maximum Gasteiger partial charge on any atom is 0.268 e. The van der Waals surface area contributed by atoms with E-state index in [9.17, 15) is 9.18 Å². The van der Waals surface area contributed by atoms with Crippen molar-refractivity contribution in [2.45, 2.75) is 12.1 Å². The van der Waals surface area contributed by atoms with Crippen molar-refractivity contribution in [2.24, 2.45) is 0 Å². The lowest BCUT2D eigenvalue weighted by molar-refractivity contribution is 0.532. The smallest absolute Gasteiger partial charge is 0.268 e. The van der Waals surface area contributed by atoms with Crippen molar-refractivity contribution in [3.63, 3.8) is 0 Å². The lowest BCUT2D eigenvalue weighted by atomic mass is 10.0. The number of rotatable bonds is 5. The Balaban J connectivity index is 2.05. The lowest BCUT2D eigenvalue weighted by Crippen LogP contribution is -2.21. The number of thioether (sulfide) groups is 1. The van der Waals surface area contributed by atoms with Gasteiger partial charge >= 0.3 is 0 Å². The quantitative estimate of drug-likeness (QED) is 0.331. The van der Waals surface area contributed by atoms with E-state index in [2.05, 4.69) is 0 Å². The minimum atomic E-state index is -0.466. The molecule has 0 atom stereocenters. The van der Waals surface area contributed by atoms with Crippen molar-refractivity contribution in [3.05, 3.63) is 75.9 Å². The largest absolute Gasteiger partial charge is 0.268 e. The Bertz CT molecular complexity index is 1140. The van der Waals surface area contributed by atoms with E-state index in [1.54, 1.807) is 4.57 Å². The van der Waals surface area contributed by atoms with E-state index in [0.29, 0.717) is 15.4 Å². The van der Waals surface area contributed by atoms with Crippen LogP contribution < -0.4 is 5.56 Å². The van der Waals surface area contributed by atoms with Gasteiger partial charge in [-0.1, -0.05) is 60.3 Å². The van der Waals surface area contributed by atoms with Crippen molar-refractivity contribution in [2.75, 3.05) is 12.4 Å². The standard InChI is InChI=1S/C21H17FN2OS2/c1-14-17(15-8-4-2-5-9-15)18-19(27-14)23-21(26-13-12-22)24(20(18)25)16-10-6-3-7-11-16/h2-11H,12-13H2,1H3. The second kappa shape index (κ2) is 7.66. The Labute approximate surface area is 164 Å². The minimum absolute atomic E-state index is 0.115. The Hall–Kier alpha value is -2.44. The number of benzene rings is 2. The van der Waals surface area contributed by atoms with Gasteiger partial charge in [0, 0.05) is 16.2 Å². The van der Waals surface area contributed by atoms with E-state index >= 15 is 0 Å². The normalized spacial score (nSPS) is 11.2. The van der Waals surface area contributed by atoms with Crippen molar-refractivity contribution in [3.8, 4) is 16.8 Å². The molecule has 2 aromatic heterocycles. The summed E-state index contributed by atoms with van der Waals surface area (Å²) in [4.78, 5) is 20.0. The van der Waals surface area contributed by atoms with Crippen molar-refractivity contribution >= 4 is 33.3 Å². The second-order valence-corrected chi connectivity index (χ2v) is 8.25. The first kappa shape index (κ1) is 17.9. The molecule has 2 heterocycles. The van der Waals surface area contributed by atoms with E-state index in [0.717, 1.165) is 21.7 Å². The summed E-state index contributed by atoms with van der Waals surface area (Å²) in [5, 5.41) is 1.15. The molecule has 3 nitrogen and oxygen atoms in total. The van der Waals surface area contributed by atoms with Gasteiger partial charge in [0.15, 0.2) is 5.16 Å². The first-order valence-electron chi connectivity index (χ1n) is 8.56. The van der Waals surface area contributed by atoms with Crippen LogP contribution in [0.1, 0.15) is 4.88 Å². The van der Waals surface area contributed by atoms with E-state index in [4.69, 9.17) is 4.98 Å². The summed E-state index contributed by atoms with van der Waals surface area (Å²) < 4.78 is 14.4. The van der Waals surface area contributed by atoms with Crippen LogP contribution in [0.4, 0.5) is 4.39 Å². The summed E-state index contributed by atoms with van der Waals surface area (Å²) in [6.45, 7) is 1.54. The topological polar surface area (TPSA) is 34.9 Å². The van der Waals surface area contributed by atoms with E-state index < -0.39 is 6.67 Å². The molecule has 136 valence electrons. The van der Waals surface area contributed by atoms with Gasteiger partial charge in [0.05, 0.1) is 17.7 Å². The van der Waals surface area contributed by atoms with Crippen LogP contribution in [0.3, 0.4) is 0 Å². The summed E-state index contributed by atoms with van der Waals surface area (Å²) >= 11 is 2.77. The Morgan fingerprint density at radius 3 is 2.41 bits per heavy atom.